The first-order chi connectivity index (χ1) is 14.8. The van der Waals surface area contributed by atoms with Crippen LogP contribution in [0.2, 0.25) is 0 Å². The van der Waals surface area contributed by atoms with Crippen molar-refractivity contribution in [1.29, 1.82) is 0 Å². The van der Waals surface area contributed by atoms with Gasteiger partial charge in [0, 0.05) is 29.1 Å². The van der Waals surface area contributed by atoms with Gasteiger partial charge in [-0.1, -0.05) is 31.7 Å². The van der Waals surface area contributed by atoms with Gasteiger partial charge in [-0.25, -0.2) is 8.42 Å². The van der Waals surface area contributed by atoms with E-state index >= 15 is 0 Å². The fourth-order valence-corrected chi connectivity index (χ4v) is 5.23. The van der Waals surface area contributed by atoms with Crippen molar-refractivity contribution in [3.63, 3.8) is 0 Å². The van der Waals surface area contributed by atoms with Crippen molar-refractivity contribution in [2.75, 3.05) is 6.26 Å². The molecule has 2 heterocycles. The lowest BCUT2D eigenvalue weighted by Gasteiger charge is -2.10. The van der Waals surface area contributed by atoms with E-state index in [0.717, 1.165) is 35.2 Å². The van der Waals surface area contributed by atoms with E-state index in [1.54, 1.807) is 25.3 Å². The summed E-state index contributed by atoms with van der Waals surface area (Å²) in [7, 11) is -3.39. The Bertz CT molecular complexity index is 1230. The number of carbonyl (C=O) groups is 1. The first-order valence-electron chi connectivity index (χ1n) is 10.6. The maximum Gasteiger partial charge on any atom is 0.251 e. The molecule has 1 fully saturated rings. The van der Waals surface area contributed by atoms with Crippen LogP contribution in [0.3, 0.4) is 0 Å². The molecule has 0 unspecified atom stereocenters. The van der Waals surface area contributed by atoms with Crippen molar-refractivity contribution in [3.8, 4) is 0 Å². The SMILES string of the molecule is Cc1ccc(C(=O)NCc2cc3nc(CC4CCCC4)ccc3cn2)cc1S(C)(=O)=O. The van der Waals surface area contributed by atoms with Crippen LogP contribution in [0.15, 0.2) is 47.5 Å². The highest BCUT2D eigenvalue weighted by Crippen LogP contribution is 2.28. The summed E-state index contributed by atoms with van der Waals surface area (Å²) in [5.74, 6) is 0.395. The number of fused-ring (bicyclic) bond motifs is 1. The zero-order chi connectivity index (χ0) is 22.0. The molecule has 3 aromatic rings. The Kier molecular flexibility index (Phi) is 6.05. The van der Waals surface area contributed by atoms with E-state index in [1.807, 2.05) is 6.07 Å². The van der Waals surface area contributed by atoms with E-state index in [4.69, 9.17) is 4.98 Å². The van der Waals surface area contributed by atoms with Gasteiger partial charge in [0.1, 0.15) is 0 Å². The average molecular weight is 438 g/mol. The molecule has 1 saturated carbocycles. The molecule has 31 heavy (non-hydrogen) atoms. The monoisotopic (exact) mass is 437 g/mol. The quantitative estimate of drug-likeness (QED) is 0.629. The van der Waals surface area contributed by atoms with Crippen molar-refractivity contribution in [3.05, 3.63) is 65.1 Å². The zero-order valence-electron chi connectivity index (χ0n) is 17.9. The third-order valence-corrected chi connectivity index (χ3v) is 7.18. The van der Waals surface area contributed by atoms with E-state index < -0.39 is 9.84 Å². The minimum absolute atomic E-state index is 0.169. The van der Waals surface area contributed by atoms with Gasteiger partial charge >= 0.3 is 0 Å². The van der Waals surface area contributed by atoms with E-state index in [1.165, 1.54) is 31.7 Å². The predicted molar refractivity (Wildman–Crippen MR) is 121 cm³/mol. The number of carbonyl (C=O) groups excluding carboxylic acids is 1. The van der Waals surface area contributed by atoms with E-state index in [9.17, 15) is 13.2 Å². The highest BCUT2D eigenvalue weighted by molar-refractivity contribution is 7.90. The van der Waals surface area contributed by atoms with Gasteiger partial charge in [0.05, 0.1) is 22.7 Å². The molecule has 2 aromatic heterocycles. The van der Waals surface area contributed by atoms with Crippen molar-refractivity contribution in [2.24, 2.45) is 5.92 Å². The summed E-state index contributed by atoms with van der Waals surface area (Å²) in [5.41, 5.74) is 3.62. The van der Waals surface area contributed by atoms with Crippen LogP contribution in [0.1, 0.15) is 53.0 Å². The van der Waals surface area contributed by atoms with Crippen LogP contribution in [-0.4, -0.2) is 30.5 Å². The lowest BCUT2D eigenvalue weighted by atomic mass is 10.0. The normalized spacial score (nSPS) is 14.8. The van der Waals surface area contributed by atoms with Gasteiger partial charge in [0.2, 0.25) is 0 Å². The minimum Gasteiger partial charge on any atom is -0.346 e. The molecule has 0 atom stereocenters. The summed E-state index contributed by atoms with van der Waals surface area (Å²) in [6.45, 7) is 1.95. The van der Waals surface area contributed by atoms with Gasteiger partial charge in [-0.15, -0.1) is 0 Å². The first kappa shape index (κ1) is 21.4. The van der Waals surface area contributed by atoms with Crippen LogP contribution in [0.5, 0.6) is 0 Å². The molecule has 1 aromatic carbocycles. The number of pyridine rings is 2. The second kappa shape index (κ2) is 8.75. The van der Waals surface area contributed by atoms with Crippen LogP contribution in [0.25, 0.3) is 10.9 Å². The second-order valence-electron chi connectivity index (χ2n) is 8.46. The molecule has 0 saturated heterocycles. The molecule has 0 radical (unpaired) electrons. The summed E-state index contributed by atoms with van der Waals surface area (Å²) in [6, 6.07) is 10.7. The third kappa shape index (κ3) is 5.10. The summed E-state index contributed by atoms with van der Waals surface area (Å²) >= 11 is 0. The Morgan fingerprint density at radius 3 is 2.61 bits per heavy atom. The number of amides is 1. The molecule has 1 N–H and O–H groups in total. The van der Waals surface area contributed by atoms with Crippen molar-refractivity contribution >= 4 is 26.6 Å². The van der Waals surface area contributed by atoms with Gasteiger partial charge in [0.25, 0.3) is 5.91 Å². The number of nitrogens with one attached hydrogen (secondary N) is 1. The average Bonchev–Trinajstić information content (AvgIpc) is 3.24. The summed E-state index contributed by atoms with van der Waals surface area (Å²) < 4.78 is 23.8. The van der Waals surface area contributed by atoms with Crippen molar-refractivity contribution in [1.82, 2.24) is 15.3 Å². The van der Waals surface area contributed by atoms with Crippen LogP contribution in [0, 0.1) is 12.8 Å². The molecule has 1 aliphatic carbocycles. The maximum absolute atomic E-state index is 12.6. The van der Waals surface area contributed by atoms with Gasteiger partial charge < -0.3 is 5.32 Å². The Labute approximate surface area is 183 Å². The predicted octanol–water partition coefficient (Wildman–Crippen LogP) is 4.00. The molecule has 6 nitrogen and oxygen atoms in total. The molecular formula is C24H27N3O3S. The van der Waals surface area contributed by atoms with Gasteiger partial charge in [0.15, 0.2) is 9.84 Å². The number of hydrogen-bond donors (Lipinski definition) is 1. The molecule has 1 aliphatic rings. The Hall–Kier alpha value is -2.80. The highest BCUT2D eigenvalue weighted by atomic mass is 32.2. The number of aromatic nitrogens is 2. The van der Waals surface area contributed by atoms with E-state index in [0.29, 0.717) is 16.8 Å². The first-order valence-corrected chi connectivity index (χ1v) is 12.5. The van der Waals surface area contributed by atoms with Gasteiger partial charge in [-0.3, -0.25) is 14.8 Å². The Balaban J connectivity index is 1.47. The molecular weight excluding hydrogens is 410 g/mol. The molecule has 0 spiro atoms. The third-order valence-electron chi connectivity index (χ3n) is 5.94. The lowest BCUT2D eigenvalue weighted by molar-refractivity contribution is 0.0950. The van der Waals surface area contributed by atoms with Crippen LogP contribution >= 0.6 is 0 Å². The molecule has 7 heteroatoms. The Morgan fingerprint density at radius 1 is 1.10 bits per heavy atom. The zero-order valence-corrected chi connectivity index (χ0v) is 18.7. The van der Waals surface area contributed by atoms with Crippen LogP contribution < -0.4 is 5.32 Å². The second-order valence-corrected chi connectivity index (χ2v) is 10.4. The largest absolute Gasteiger partial charge is 0.346 e. The lowest BCUT2D eigenvalue weighted by Crippen LogP contribution is -2.23. The van der Waals surface area contributed by atoms with E-state index in [-0.39, 0.29) is 17.3 Å². The maximum atomic E-state index is 12.6. The van der Waals surface area contributed by atoms with Crippen molar-refractivity contribution < 1.29 is 13.2 Å². The van der Waals surface area contributed by atoms with Gasteiger partial charge in [-0.2, -0.15) is 0 Å². The number of rotatable bonds is 6. The standard InChI is InChI=1S/C24H27N3O3S/c1-16-7-8-18(12-23(16)31(2,29)30)24(28)26-15-21-13-22-19(14-25-21)9-10-20(27-22)11-17-5-3-4-6-17/h7-10,12-14,17H,3-6,11,15H2,1-2H3,(H,26,28). The summed E-state index contributed by atoms with van der Waals surface area (Å²) in [5, 5.41) is 3.80. The van der Waals surface area contributed by atoms with Crippen molar-refractivity contribution in [2.45, 2.75) is 50.5 Å². The molecule has 0 bridgehead atoms. The number of sulfone groups is 1. The summed E-state index contributed by atoms with van der Waals surface area (Å²) in [6.07, 6.45) is 9.14. The number of hydrogen-bond acceptors (Lipinski definition) is 5. The number of aryl methyl sites for hydroxylation is 1. The van der Waals surface area contributed by atoms with Gasteiger partial charge in [-0.05, 0) is 55.2 Å². The fourth-order valence-electron chi connectivity index (χ4n) is 4.23. The number of nitrogens with zero attached hydrogens (tertiary/aromatic N) is 2. The topological polar surface area (TPSA) is 89.0 Å². The minimum atomic E-state index is -3.39. The summed E-state index contributed by atoms with van der Waals surface area (Å²) in [4.78, 5) is 22.0. The highest BCUT2D eigenvalue weighted by Gasteiger charge is 2.17. The fraction of sp³-hybridized carbons (Fsp3) is 0.375. The Morgan fingerprint density at radius 2 is 1.87 bits per heavy atom. The molecule has 0 aliphatic heterocycles. The van der Waals surface area contributed by atoms with Crippen LogP contribution in [-0.2, 0) is 22.8 Å². The van der Waals surface area contributed by atoms with Crippen LogP contribution in [0.4, 0.5) is 0 Å². The number of benzene rings is 1. The van der Waals surface area contributed by atoms with E-state index in [2.05, 4.69) is 22.4 Å². The molecule has 162 valence electrons. The smallest absolute Gasteiger partial charge is 0.251 e. The molecule has 1 amide bonds. The molecule has 4 rings (SSSR count).